The minimum Gasteiger partial charge on any atom is -0.456 e. The van der Waals surface area contributed by atoms with Crippen LogP contribution in [0.2, 0.25) is 0 Å². The van der Waals surface area contributed by atoms with Crippen molar-refractivity contribution in [3.8, 4) is 22.5 Å². The van der Waals surface area contributed by atoms with Crippen molar-refractivity contribution >= 4 is 87.5 Å². The number of hydrogen-bond acceptors (Lipinski definition) is 2. The Morgan fingerprint density at radius 2 is 0.846 bits per heavy atom. The molecule has 0 fully saturated rings. The highest BCUT2D eigenvalue weighted by atomic mass is 16.3. The van der Waals surface area contributed by atoms with Gasteiger partial charge in [-0.05, 0) is 90.0 Å². The highest BCUT2D eigenvalue weighted by molar-refractivity contribution is 6.24. The Balaban J connectivity index is 1.01. The Morgan fingerprint density at radius 1 is 0.308 bits per heavy atom. The van der Waals surface area contributed by atoms with Gasteiger partial charge < -0.3 is 18.0 Å². The zero-order valence-electron chi connectivity index (χ0n) is 27.9. The van der Waals surface area contributed by atoms with Gasteiger partial charge in [-0.2, -0.15) is 0 Å². The molecule has 0 saturated carbocycles. The molecular formula is C48H28N2O2. The Hall–Kier alpha value is -7.04. The van der Waals surface area contributed by atoms with Crippen molar-refractivity contribution in [2.24, 2.45) is 0 Å². The van der Waals surface area contributed by atoms with Gasteiger partial charge in [-0.25, -0.2) is 0 Å². The van der Waals surface area contributed by atoms with E-state index in [-0.39, 0.29) is 0 Å². The lowest BCUT2D eigenvalue weighted by molar-refractivity contribution is 0.669. The quantitative estimate of drug-likeness (QED) is 0.188. The molecule has 8 aromatic carbocycles. The van der Waals surface area contributed by atoms with Crippen LogP contribution in [0.4, 0.5) is 0 Å². The molecule has 12 aromatic rings. The van der Waals surface area contributed by atoms with Crippen LogP contribution in [0.25, 0.3) is 110 Å². The predicted octanol–water partition coefficient (Wildman–Crippen LogP) is 13.3. The monoisotopic (exact) mass is 664 g/mol. The molecule has 242 valence electrons. The molecule has 4 nitrogen and oxygen atoms in total. The molecule has 4 heterocycles. The van der Waals surface area contributed by atoms with Crippen molar-refractivity contribution in [3.05, 3.63) is 170 Å². The molecule has 0 aliphatic rings. The number of furan rings is 2. The molecule has 0 amide bonds. The summed E-state index contributed by atoms with van der Waals surface area (Å²) < 4.78 is 17.6. The number of fused-ring (bicyclic) bond motifs is 13. The van der Waals surface area contributed by atoms with Crippen molar-refractivity contribution < 1.29 is 8.83 Å². The second-order valence-electron chi connectivity index (χ2n) is 13.7. The molecule has 0 spiro atoms. The van der Waals surface area contributed by atoms with Gasteiger partial charge in [-0.1, -0.05) is 91.0 Å². The van der Waals surface area contributed by atoms with E-state index in [1.54, 1.807) is 0 Å². The Bertz CT molecular complexity index is 3350. The van der Waals surface area contributed by atoms with Crippen molar-refractivity contribution in [2.75, 3.05) is 0 Å². The Labute approximate surface area is 296 Å². The van der Waals surface area contributed by atoms with E-state index in [0.29, 0.717) is 0 Å². The van der Waals surface area contributed by atoms with Gasteiger partial charge in [0.2, 0.25) is 0 Å². The van der Waals surface area contributed by atoms with E-state index in [9.17, 15) is 0 Å². The highest BCUT2D eigenvalue weighted by Crippen LogP contribution is 2.42. The van der Waals surface area contributed by atoms with Crippen LogP contribution >= 0.6 is 0 Å². The van der Waals surface area contributed by atoms with Crippen LogP contribution in [-0.2, 0) is 0 Å². The number of benzene rings is 8. The van der Waals surface area contributed by atoms with Crippen molar-refractivity contribution in [3.63, 3.8) is 0 Å². The lowest BCUT2D eigenvalue weighted by atomic mass is 10.0. The number of nitrogens with zero attached hydrogens (tertiary/aromatic N) is 2. The van der Waals surface area contributed by atoms with Crippen molar-refractivity contribution in [1.82, 2.24) is 9.13 Å². The normalized spacial score (nSPS) is 12.2. The highest BCUT2D eigenvalue weighted by Gasteiger charge is 2.20. The van der Waals surface area contributed by atoms with Gasteiger partial charge in [0.25, 0.3) is 0 Å². The molecule has 0 N–H and O–H groups in total. The van der Waals surface area contributed by atoms with Crippen LogP contribution in [0.3, 0.4) is 0 Å². The van der Waals surface area contributed by atoms with Crippen LogP contribution in [0, 0.1) is 0 Å². The molecule has 0 atom stereocenters. The van der Waals surface area contributed by atoms with E-state index in [4.69, 9.17) is 8.83 Å². The summed E-state index contributed by atoms with van der Waals surface area (Å²) in [5, 5.41) is 9.29. The summed E-state index contributed by atoms with van der Waals surface area (Å²) in [5.74, 6) is 0. The van der Waals surface area contributed by atoms with E-state index in [1.165, 1.54) is 32.8 Å². The molecule has 0 bridgehead atoms. The Morgan fingerprint density at radius 3 is 1.62 bits per heavy atom. The fourth-order valence-electron chi connectivity index (χ4n) is 8.60. The summed E-state index contributed by atoms with van der Waals surface area (Å²) in [6.45, 7) is 0. The summed E-state index contributed by atoms with van der Waals surface area (Å²) in [5.41, 5.74) is 12.8. The average Bonchev–Trinajstić information content (AvgIpc) is 3.95. The maximum absolute atomic E-state index is 6.75. The summed E-state index contributed by atoms with van der Waals surface area (Å²) in [7, 11) is 0. The molecule has 52 heavy (non-hydrogen) atoms. The largest absolute Gasteiger partial charge is 0.456 e. The predicted molar refractivity (Wildman–Crippen MR) is 215 cm³/mol. The molecule has 4 aromatic heterocycles. The maximum Gasteiger partial charge on any atom is 0.145 e. The molecule has 0 aliphatic heterocycles. The van der Waals surface area contributed by atoms with Gasteiger partial charge >= 0.3 is 0 Å². The summed E-state index contributed by atoms with van der Waals surface area (Å²) in [6.07, 6.45) is 0. The molecule has 0 saturated heterocycles. The van der Waals surface area contributed by atoms with Crippen molar-refractivity contribution in [2.45, 2.75) is 0 Å². The SMILES string of the molecule is c1ccc2c(c1)oc1ccc(-n3c4ccccc4c4c5oc6ccc(-c7ccc(-n8c9ccccc9c9ccccc98)cc7)cc6c5ccc43)cc12. The Kier molecular flexibility index (Phi) is 5.47. The third-order valence-electron chi connectivity index (χ3n) is 10.9. The van der Waals surface area contributed by atoms with E-state index >= 15 is 0 Å². The number of rotatable bonds is 3. The fourth-order valence-corrected chi connectivity index (χ4v) is 8.60. The first-order chi connectivity index (χ1) is 25.8. The first-order valence-corrected chi connectivity index (χ1v) is 17.7. The third-order valence-corrected chi connectivity index (χ3v) is 10.9. The van der Waals surface area contributed by atoms with Crippen LogP contribution in [-0.4, -0.2) is 9.13 Å². The van der Waals surface area contributed by atoms with Gasteiger partial charge in [0, 0.05) is 49.1 Å². The van der Waals surface area contributed by atoms with E-state index in [2.05, 4.69) is 167 Å². The van der Waals surface area contributed by atoms with Gasteiger partial charge in [-0.3, -0.25) is 0 Å². The molecule has 12 rings (SSSR count). The molecular weight excluding hydrogens is 637 g/mol. The summed E-state index contributed by atoms with van der Waals surface area (Å²) >= 11 is 0. The number of aromatic nitrogens is 2. The van der Waals surface area contributed by atoms with Crippen LogP contribution in [0.15, 0.2) is 179 Å². The van der Waals surface area contributed by atoms with Crippen LogP contribution in [0.1, 0.15) is 0 Å². The number of hydrogen-bond donors (Lipinski definition) is 0. The molecule has 0 aliphatic carbocycles. The topological polar surface area (TPSA) is 36.1 Å². The smallest absolute Gasteiger partial charge is 0.145 e. The first kappa shape index (κ1) is 27.7. The van der Waals surface area contributed by atoms with Gasteiger partial charge in [0.05, 0.1) is 27.5 Å². The fraction of sp³-hybridized carbons (Fsp3) is 0. The zero-order chi connectivity index (χ0) is 33.9. The summed E-state index contributed by atoms with van der Waals surface area (Å²) in [4.78, 5) is 0. The van der Waals surface area contributed by atoms with E-state index in [1.807, 2.05) is 12.1 Å². The van der Waals surface area contributed by atoms with Gasteiger partial charge in [0.15, 0.2) is 0 Å². The minimum atomic E-state index is 0.885. The maximum atomic E-state index is 6.75. The second-order valence-corrected chi connectivity index (χ2v) is 13.7. The number of para-hydroxylation sites is 4. The first-order valence-electron chi connectivity index (χ1n) is 17.7. The second kappa shape index (κ2) is 10.3. The lowest BCUT2D eigenvalue weighted by Gasteiger charge is -2.09. The summed E-state index contributed by atoms with van der Waals surface area (Å²) in [6, 6.07) is 60.6. The minimum absolute atomic E-state index is 0.885. The molecule has 4 heteroatoms. The third kappa shape index (κ3) is 3.75. The molecule has 0 radical (unpaired) electrons. The van der Waals surface area contributed by atoms with Gasteiger partial charge in [0.1, 0.15) is 22.3 Å². The van der Waals surface area contributed by atoms with E-state index in [0.717, 1.165) is 77.2 Å². The van der Waals surface area contributed by atoms with E-state index < -0.39 is 0 Å². The zero-order valence-corrected chi connectivity index (χ0v) is 27.9. The van der Waals surface area contributed by atoms with Crippen LogP contribution < -0.4 is 0 Å². The van der Waals surface area contributed by atoms with Crippen molar-refractivity contribution in [1.29, 1.82) is 0 Å². The lowest BCUT2D eigenvalue weighted by Crippen LogP contribution is -1.93. The molecule has 0 unspecified atom stereocenters. The van der Waals surface area contributed by atoms with Crippen LogP contribution in [0.5, 0.6) is 0 Å². The van der Waals surface area contributed by atoms with Gasteiger partial charge in [-0.15, -0.1) is 0 Å². The average molecular weight is 665 g/mol. The standard InChI is InChI=1S/C48H28N2O2/c1-5-13-40-33(9-1)34-10-2-6-14-41(34)49(40)31-20-17-29(18-21-31)30-19-25-46-38(27-30)36-23-24-43-47(48(36)52-46)37-12-3-7-15-42(37)50(43)32-22-26-45-39(28-32)35-11-4-8-16-44(35)51-45/h1-28H.